The van der Waals surface area contributed by atoms with Crippen molar-refractivity contribution in [1.29, 1.82) is 0 Å². The lowest BCUT2D eigenvalue weighted by Crippen LogP contribution is -2.09. The molecule has 1 atom stereocenters. The van der Waals surface area contributed by atoms with Crippen molar-refractivity contribution in [2.24, 2.45) is 0 Å². The summed E-state index contributed by atoms with van der Waals surface area (Å²) in [4.78, 5) is 0.0738. The smallest absolute Gasteiger partial charge is 0.175 e. The second-order valence-corrected chi connectivity index (χ2v) is 7.29. The molecular formula is C15H15ClFNO2S. The van der Waals surface area contributed by atoms with Crippen LogP contribution in [-0.2, 0) is 9.84 Å². The van der Waals surface area contributed by atoms with Crippen LogP contribution >= 0.6 is 11.6 Å². The van der Waals surface area contributed by atoms with Crippen molar-refractivity contribution in [2.45, 2.75) is 17.9 Å². The Bertz CT molecular complexity index is 762. The van der Waals surface area contributed by atoms with E-state index >= 15 is 0 Å². The molecule has 0 aliphatic rings. The summed E-state index contributed by atoms with van der Waals surface area (Å²) in [5.41, 5.74) is 1.03. The fourth-order valence-corrected chi connectivity index (χ4v) is 2.78. The maximum Gasteiger partial charge on any atom is 0.175 e. The third-order valence-corrected chi connectivity index (χ3v) is 4.43. The topological polar surface area (TPSA) is 46.2 Å². The van der Waals surface area contributed by atoms with Gasteiger partial charge in [0.05, 0.1) is 10.6 Å². The normalized spacial score (nSPS) is 13.0. The fraction of sp³-hybridized carbons (Fsp3) is 0.200. The summed E-state index contributed by atoms with van der Waals surface area (Å²) in [6.45, 7) is 1.85. The third kappa shape index (κ3) is 3.95. The second kappa shape index (κ2) is 6.03. The van der Waals surface area contributed by atoms with Crippen molar-refractivity contribution < 1.29 is 12.8 Å². The molecule has 0 saturated carbocycles. The van der Waals surface area contributed by atoms with Crippen molar-refractivity contribution in [2.75, 3.05) is 11.6 Å². The molecule has 0 saturated heterocycles. The van der Waals surface area contributed by atoms with Crippen molar-refractivity contribution in [3.63, 3.8) is 0 Å². The van der Waals surface area contributed by atoms with Crippen LogP contribution in [0.4, 0.5) is 10.1 Å². The van der Waals surface area contributed by atoms with Crippen molar-refractivity contribution >= 4 is 27.1 Å². The lowest BCUT2D eigenvalue weighted by atomic mass is 10.1. The van der Waals surface area contributed by atoms with Crippen molar-refractivity contribution in [1.82, 2.24) is 0 Å². The van der Waals surface area contributed by atoms with E-state index in [-0.39, 0.29) is 16.6 Å². The lowest BCUT2D eigenvalue weighted by molar-refractivity contribution is 0.600. The molecule has 0 aliphatic heterocycles. The summed E-state index contributed by atoms with van der Waals surface area (Å²) in [6, 6.07) is 10.7. The van der Waals surface area contributed by atoms with Gasteiger partial charge in [-0.15, -0.1) is 0 Å². The van der Waals surface area contributed by atoms with Gasteiger partial charge in [-0.05, 0) is 42.8 Å². The summed E-state index contributed by atoms with van der Waals surface area (Å²) < 4.78 is 36.9. The van der Waals surface area contributed by atoms with Gasteiger partial charge in [0.1, 0.15) is 5.82 Å². The molecular weight excluding hydrogens is 313 g/mol. The number of anilines is 1. The van der Waals surface area contributed by atoms with E-state index < -0.39 is 15.7 Å². The predicted octanol–water partition coefficient (Wildman–Crippen LogP) is 4.06. The molecule has 0 bridgehead atoms. The first-order chi connectivity index (χ1) is 9.77. The first kappa shape index (κ1) is 15.8. The van der Waals surface area contributed by atoms with E-state index in [1.807, 2.05) is 13.0 Å². The Balaban J connectivity index is 2.31. The molecule has 0 heterocycles. The average Bonchev–Trinajstić information content (AvgIpc) is 2.40. The zero-order chi connectivity index (χ0) is 15.6. The summed E-state index contributed by atoms with van der Waals surface area (Å²) in [5, 5.41) is 3.56. The summed E-state index contributed by atoms with van der Waals surface area (Å²) >= 11 is 5.93. The SMILES string of the molecule is CC(Nc1cc(S(C)(=O)=O)ccc1F)c1cccc(Cl)c1. The van der Waals surface area contributed by atoms with Crippen LogP contribution in [0, 0.1) is 5.82 Å². The van der Waals surface area contributed by atoms with Crippen LogP contribution < -0.4 is 5.32 Å². The number of rotatable bonds is 4. The Kier molecular flexibility index (Phi) is 4.54. The Morgan fingerprint density at radius 3 is 2.52 bits per heavy atom. The predicted molar refractivity (Wildman–Crippen MR) is 83.0 cm³/mol. The maximum atomic E-state index is 13.8. The molecule has 0 amide bonds. The summed E-state index contributed by atoms with van der Waals surface area (Å²) in [6.07, 6.45) is 1.09. The Hall–Kier alpha value is -1.59. The van der Waals surface area contributed by atoms with Gasteiger partial charge in [0.15, 0.2) is 9.84 Å². The molecule has 0 radical (unpaired) electrons. The van der Waals surface area contributed by atoms with Crippen LogP contribution in [-0.4, -0.2) is 14.7 Å². The Morgan fingerprint density at radius 2 is 1.90 bits per heavy atom. The molecule has 112 valence electrons. The largest absolute Gasteiger partial charge is 0.376 e. The van der Waals surface area contributed by atoms with E-state index in [2.05, 4.69) is 5.32 Å². The molecule has 0 fully saturated rings. The Labute approximate surface area is 128 Å². The van der Waals surface area contributed by atoms with Crippen LogP contribution in [0.5, 0.6) is 0 Å². The molecule has 2 aromatic rings. The fourth-order valence-electron chi connectivity index (χ4n) is 1.94. The standard InChI is InChI=1S/C15H15ClFNO2S/c1-10(11-4-3-5-12(16)8-11)18-15-9-13(21(2,19)20)6-7-14(15)17/h3-10,18H,1-2H3. The molecule has 3 nitrogen and oxygen atoms in total. The second-order valence-electron chi connectivity index (χ2n) is 4.83. The quantitative estimate of drug-likeness (QED) is 0.861. The molecule has 0 aromatic heterocycles. The highest BCUT2D eigenvalue weighted by atomic mass is 35.5. The minimum atomic E-state index is -3.38. The molecule has 0 aliphatic carbocycles. The van der Waals surface area contributed by atoms with E-state index in [1.54, 1.807) is 18.2 Å². The minimum Gasteiger partial charge on any atom is -0.376 e. The van der Waals surface area contributed by atoms with Crippen molar-refractivity contribution in [3.8, 4) is 0 Å². The molecule has 0 spiro atoms. The number of hydrogen-bond acceptors (Lipinski definition) is 3. The molecule has 1 N–H and O–H groups in total. The molecule has 1 unspecified atom stereocenters. The number of sulfone groups is 1. The average molecular weight is 328 g/mol. The maximum absolute atomic E-state index is 13.8. The zero-order valence-electron chi connectivity index (χ0n) is 11.6. The first-order valence-electron chi connectivity index (χ1n) is 6.29. The number of nitrogens with one attached hydrogen (secondary N) is 1. The molecule has 21 heavy (non-hydrogen) atoms. The van der Waals surface area contributed by atoms with Crippen LogP contribution in [0.15, 0.2) is 47.4 Å². The van der Waals surface area contributed by atoms with Crippen LogP contribution in [0.2, 0.25) is 5.02 Å². The van der Waals surface area contributed by atoms with Gasteiger partial charge in [0.2, 0.25) is 0 Å². The van der Waals surface area contributed by atoms with Gasteiger partial charge in [-0.3, -0.25) is 0 Å². The van der Waals surface area contributed by atoms with E-state index in [1.165, 1.54) is 12.1 Å². The highest BCUT2D eigenvalue weighted by molar-refractivity contribution is 7.90. The number of benzene rings is 2. The molecule has 2 rings (SSSR count). The van der Waals surface area contributed by atoms with Gasteiger partial charge >= 0.3 is 0 Å². The van der Waals surface area contributed by atoms with Gasteiger partial charge in [-0.2, -0.15) is 0 Å². The molecule has 2 aromatic carbocycles. The summed E-state index contributed by atoms with van der Waals surface area (Å²) in [5.74, 6) is -0.503. The zero-order valence-corrected chi connectivity index (χ0v) is 13.2. The van der Waals surface area contributed by atoms with Gasteiger partial charge in [0.25, 0.3) is 0 Å². The van der Waals surface area contributed by atoms with E-state index in [9.17, 15) is 12.8 Å². The number of halogens is 2. The van der Waals surface area contributed by atoms with Gasteiger partial charge in [0, 0.05) is 17.3 Å². The third-order valence-electron chi connectivity index (χ3n) is 3.09. The highest BCUT2D eigenvalue weighted by Gasteiger charge is 2.13. The van der Waals surface area contributed by atoms with Crippen LogP contribution in [0.25, 0.3) is 0 Å². The number of hydrogen-bond donors (Lipinski definition) is 1. The van der Waals surface area contributed by atoms with E-state index in [0.29, 0.717) is 5.02 Å². The minimum absolute atomic E-state index is 0.0738. The Morgan fingerprint density at radius 1 is 1.19 bits per heavy atom. The monoisotopic (exact) mass is 327 g/mol. The van der Waals surface area contributed by atoms with Crippen molar-refractivity contribution in [3.05, 3.63) is 58.9 Å². The summed E-state index contributed by atoms with van der Waals surface area (Å²) in [7, 11) is -3.38. The lowest BCUT2D eigenvalue weighted by Gasteiger charge is -2.17. The van der Waals surface area contributed by atoms with E-state index in [4.69, 9.17) is 11.6 Å². The van der Waals surface area contributed by atoms with Crippen LogP contribution in [0.1, 0.15) is 18.5 Å². The first-order valence-corrected chi connectivity index (χ1v) is 8.56. The van der Waals surface area contributed by atoms with Crippen LogP contribution in [0.3, 0.4) is 0 Å². The van der Waals surface area contributed by atoms with Gasteiger partial charge < -0.3 is 5.32 Å². The van der Waals surface area contributed by atoms with Gasteiger partial charge in [-0.1, -0.05) is 23.7 Å². The molecule has 6 heteroatoms. The van der Waals surface area contributed by atoms with E-state index in [0.717, 1.165) is 17.9 Å². The highest BCUT2D eigenvalue weighted by Crippen LogP contribution is 2.25. The van der Waals surface area contributed by atoms with Gasteiger partial charge in [-0.25, -0.2) is 12.8 Å².